The molecule has 0 saturated carbocycles. The minimum atomic E-state index is -0.253. The van der Waals surface area contributed by atoms with E-state index < -0.39 is 0 Å². The van der Waals surface area contributed by atoms with E-state index in [4.69, 9.17) is 5.73 Å². The highest BCUT2D eigenvalue weighted by atomic mass is 16.1. The van der Waals surface area contributed by atoms with Crippen molar-refractivity contribution in [2.45, 2.75) is 45.2 Å². The fourth-order valence-corrected chi connectivity index (χ4v) is 1.78. The summed E-state index contributed by atoms with van der Waals surface area (Å²) in [5, 5.41) is 3.22. The molecular weight excluding hydrogens is 212 g/mol. The quantitative estimate of drug-likeness (QED) is 0.678. The summed E-state index contributed by atoms with van der Waals surface area (Å²) in [6, 6.07) is 9.84. The van der Waals surface area contributed by atoms with Crippen LogP contribution in [0.25, 0.3) is 0 Å². The average molecular weight is 234 g/mol. The molecule has 1 atom stereocenters. The smallest absolute Gasteiger partial charge is 0.234 e. The monoisotopic (exact) mass is 234 g/mol. The van der Waals surface area contributed by atoms with E-state index in [1.165, 1.54) is 5.56 Å². The first-order valence-corrected chi connectivity index (χ1v) is 6.30. The Kier molecular flexibility index (Phi) is 6.33. The minimum absolute atomic E-state index is 0.207. The molecule has 3 nitrogen and oxygen atoms in total. The molecule has 1 aromatic carbocycles. The summed E-state index contributed by atoms with van der Waals surface area (Å²) in [7, 11) is 0. The van der Waals surface area contributed by atoms with Crippen LogP contribution in [0.15, 0.2) is 30.3 Å². The Morgan fingerprint density at radius 1 is 1.29 bits per heavy atom. The van der Waals surface area contributed by atoms with Crippen molar-refractivity contribution < 1.29 is 4.79 Å². The molecule has 0 aliphatic heterocycles. The Balaban J connectivity index is 2.36. The Morgan fingerprint density at radius 2 is 2.00 bits per heavy atom. The zero-order valence-corrected chi connectivity index (χ0v) is 10.5. The summed E-state index contributed by atoms with van der Waals surface area (Å²) >= 11 is 0. The summed E-state index contributed by atoms with van der Waals surface area (Å²) in [6.45, 7) is 2.84. The fraction of sp³-hybridized carbons (Fsp3) is 0.500. The number of amides is 1. The van der Waals surface area contributed by atoms with Crippen LogP contribution in [-0.2, 0) is 11.3 Å². The van der Waals surface area contributed by atoms with E-state index in [1.54, 1.807) is 0 Å². The largest absolute Gasteiger partial charge is 0.368 e. The number of carbonyl (C=O) groups excluding carboxylic acids is 1. The van der Waals surface area contributed by atoms with Gasteiger partial charge in [-0.1, -0.05) is 56.5 Å². The molecular formula is C14H22N2O. The molecule has 0 bridgehead atoms. The molecule has 0 saturated heterocycles. The first-order valence-electron chi connectivity index (χ1n) is 6.30. The van der Waals surface area contributed by atoms with E-state index in [-0.39, 0.29) is 11.9 Å². The van der Waals surface area contributed by atoms with Gasteiger partial charge in [0, 0.05) is 6.54 Å². The lowest BCUT2D eigenvalue weighted by Crippen LogP contribution is -2.40. The summed E-state index contributed by atoms with van der Waals surface area (Å²) in [4.78, 5) is 11.3. The van der Waals surface area contributed by atoms with E-state index in [0.717, 1.165) is 25.7 Å². The number of benzene rings is 1. The zero-order valence-electron chi connectivity index (χ0n) is 10.5. The van der Waals surface area contributed by atoms with E-state index in [1.807, 2.05) is 30.3 Å². The fourth-order valence-electron chi connectivity index (χ4n) is 1.78. The summed E-state index contributed by atoms with van der Waals surface area (Å²) in [5.41, 5.74) is 6.56. The van der Waals surface area contributed by atoms with Gasteiger partial charge in [-0.05, 0) is 12.0 Å². The molecule has 0 spiro atoms. The van der Waals surface area contributed by atoms with E-state index >= 15 is 0 Å². The van der Waals surface area contributed by atoms with Gasteiger partial charge in [0.2, 0.25) is 5.91 Å². The maximum atomic E-state index is 11.3. The lowest BCUT2D eigenvalue weighted by atomic mass is 10.1. The second-order valence-electron chi connectivity index (χ2n) is 4.32. The van der Waals surface area contributed by atoms with Crippen LogP contribution in [-0.4, -0.2) is 11.9 Å². The van der Waals surface area contributed by atoms with Crippen molar-refractivity contribution in [2.24, 2.45) is 5.73 Å². The van der Waals surface area contributed by atoms with Crippen molar-refractivity contribution in [3.05, 3.63) is 35.9 Å². The van der Waals surface area contributed by atoms with Gasteiger partial charge in [-0.25, -0.2) is 0 Å². The molecule has 0 aliphatic carbocycles. The molecule has 0 fully saturated rings. The Labute approximate surface area is 103 Å². The van der Waals surface area contributed by atoms with Crippen LogP contribution in [0.1, 0.15) is 38.2 Å². The van der Waals surface area contributed by atoms with Gasteiger partial charge in [0.1, 0.15) is 0 Å². The molecule has 0 radical (unpaired) electrons. The molecule has 94 valence electrons. The number of primary amides is 1. The van der Waals surface area contributed by atoms with Gasteiger partial charge in [-0.2, -0.15) is 0 Å². The SMILES string of the molecule is CCCCCC(NCc1ccccc1)C(N)=O. The predicted octanol–water partition coefficient (Wildman–Crippen LogP) is 2.21. The lowest BCUT2D eigenvalue weighted by Gasteiger charge is -2.15. The number of rotatable bonds is 8. The predicted molar refractivity (Wildman–Crippen MR) is 70.4 cm³/mol. The lowest BCUT2D eigenvalue weighted by molar-refractivity contribution is -0.120. The van der Waals surface area contributed by atoms with Crippen LogP contribution < -0.4 is 11.1 Å². The summed E-state index contributed by atoms with van der Waals surface area (Å²) < 4.78 is 0. The molecule has 3 heteroatoms. The van der Waals surface area contributed by atoms with Crippen LogP contribution in [0, 0.1) is 0 Å². The average Bonchev–Trinajstić information content (AvgIpc) is 2.34. The third-order valence-electron chi connectivity index (χ3n) is 2.84. The number of unbranched alkanes of at least 4 members (excludes halogenated alkanes) is 2. The summed E-state index contributed by atoms with van der Waals surface area (Å²) in [6.07, 6.45) is 4.18. The van der Waals surface area contributed by atoms with Crippen LogP contribution in [0.4, 0.5) is 0 Å². The molecule has 0 heterocycles. The van der Waals surface area contributed by atoms with Gasteiger partial charge >= 0.3 is 0 Å². The van der Waals surface area contributed by atoms with Gasteiger partial charge in [-0.15, -0.1) is 0 Å². The Hall–Kier alpha value is -1.35. The summed E-state index contributed by atoms with van der Waals surface area (Å²) in [5.74, 6) is -0.253. The van der Waals surface area contributed by atoms with Crippen LogP contribution in [0.3, 0.4) is 0 Å². The van der Waals surface area contributed by atoms with Crippen LogP contribution >= 0.6 is 0 Å². The van der Waals surface area contributed by atoms with E-state index in [9.17, 15) is 4.79 Å². The molecule has 1 unspecified atom stereocenters. The number of nitrogens with one attached hydrogen (secondary N) is 1. The van der Waals surface area contributed by atoms with E-state index in [2.05, 4.69) is 12.2 Å². The van der Waals surface area contributed by atoms with Crippen molar-refractivity contribution in [2.75, 3.05) is 0 Å². The maximum Gasteiger partial charge on any atom is 0.234 e. The maximum absolute atomic E-state index is 11.3. The third kappa shape index (κ3) is 5.50. The van der Waals surface area contributed by atoms with Crippen molar-refractivity contribution in [1.29, 1.82) is 0 Å². The Morgan fingerprint density at radius 3 is 2.59 bits per heavy atom. The van der Waals surface area contributed by atoms with Gasteiger partial charge in [0.25, 0.3) is 0 Å². The van der Waals surface area contributed by atoms with Gasteiger partial charge in [0.05, 0.1) is 6.04 Å². The van der Waals surface area contributed by atoms with Gasteiger partial charge < -0.3 is 11.1 Å². The number of carbonyl (C=O) groups is 1. The molecule has 1 amide bonds. The van der Waals surface area contributed by atoms with Crippen LogP contribution in [0.2, 0.25) is 0 Å². The highest BCUT2D eigenvalue weighted by Gasteiger charge is 2.13. The number of nitrogens with two attached hydrogens (primary N) is 1. The van der Waals surface area contributed by atoms with Crippen molar-refractivity contribution in [3.8, 4) is 0 Å². The molecule has 1 aromatic rings. The zero-order chi connectivity index (χ0) is 12.5. The van der Waals surface area contributed by atoms with Gasteiger partial charge in [0.15, 0.2) is 0 Å². The topological polar surface area (TPSA) is 55.1 Å². The standard InChI is InChI=1S/C14H22N2O/c1-2-3-5-10-13(14(15)17)16-11-12-8-6-4-7-9-12/h4,6-9,13,16H,2-3,5,10-11H2,1H3,(H2,15,17). The molecule has 0 aromatic heterocycles. The van der Waals surface area contributed by atoms with Crippen LogP contribution in [0.5, 0.6) is 0 Å². The highest BCUT2D eigenvalue weighted by Crippen LogP contribution is 2.05. The molecule has 3 N–H and O–H groups in total. The third-order valence-corrected chi connectivity index (χ3v) is 2.84. The molecule has 17 heavy (non-hydrogen) atoms. The van der Waals surface area contributed by atoms with Crippen molar-refractivity contribution in [1.82, 2.24) is 5.32 Å². The van der Waals surface area contributed by atoms with Crippen molar-refractivity contribution >= 4 is 5.91 Å². The second kappa shape index (κ2) is 7.85. The van der Waals surface area contributed by atoms with E-state index in [0.29, 0.717) is 6.54 Å². The number of hydrogen-bond donors (Lipinski definition) is 2. The highest BCUT2D eigenvalue weighted by molar-refractivity contribution is 5.79. The number of hydrogen-bond acceptors (Lipinski definition) is 2. The second-order valence-corrected chi connectivity index (χ2v) is 4.32. The first kappa shape index (κ1) is 13.7. The Bertz CT molecular complexity index is 324. The minimum Gasteiger partial charge on any atom is -0.368 e. The molecule has 0 aliphatic rings. The van der Waals surface area contributed by atoms with Gasteiger partial charge in [-0.3, -0.25) is 4.79 Å². The van der Waals surface area contributed by atoms with Crippen molar-refractivity contribution in [3.63, 3.8) is 0 Å². The first-order chi connectivity index (χ1) is 8.24. The molecule has 1 rings (SSSR count). The normalized spacial score (nSPS) is 12.3.